The van der Waals surface area contributed by atoms with Crippen LogP contribution in [0.3, 0.4) is 0 Å². The van der Waals surface area contributed by atoms with Gasteiger partial charge in [-0.2, -0.15) is 0 Å². The minimum atomic E-state index is -0.713. The van der Waals surface area contributed by atoms with Crippen molar-refractivity contribution < 1.29 is 14.3 Å². The highest BCUT2D eigenvalue weighted by atomic mass is 79.9. The van der Waals surface area contributed by atoms with Crippen LogP contribution < -0.4 is 16.4 Å². The lowest BCUT2D eigenvalue weighted by Gasteiger charge is -2.11. The average molecular weight is 381 g/mol. The summed E-state index contributed by atoms with van der Waals surface area (Å²) in [6.45, 7) is 0.384. The lowest BCUT2D eigenvalue weighted by Crippen LogP contribution is -2.44. The topological polar surface area (TPSA) is 93.4 Å². The van der Waals surface area contributed by atoms with Gasteiger partial charge in [-0.25, -0.2) is 0 Å². The van der Waals surface area contributed by atoms with Gasteiger partial charge in [0.05, 0.1) is 6.61 Å². The average Bonchev–Trinajstić information content (AvgIpc) is 2.41. The maximum atomic E-state index is 11.6. The van der Waals surface area contributed by atoms with E-state index >= 15 is 0 Å². The standard InChI is InChI=1S/C13H18BrN3O3.ClH/c1-20-8-11(15)13(19)16-7-6-12(18)17-10-4-2-9(14)3-5-10;/h2-5,11H,6-8,15H2,1H3,(H,16,19)(H,17,18);1H. The molecule has 0 aliphatic carbocycles. The molecule has 0 aromatic heterocycles. The second-order valence-electron chi connectivity index (χ2n) is 4.16. The maximum Gasteiger partial charge on any atom is 0.239 e. The number of carbonyl (C=O) groups excluding carboxylic acids is 2. The molecule has 0 heterocycles. The van der Waals surface area contributed by atoms with Crippen molar-refractivity contribution in [3.05, 3.63) is 28.7 Å². The molecule has 0 spiro atoms. The number of ether oxygens (including phenoxy) is 1. The molecular weight excluding hydrogens is 362 g/mol. The molecule has 1 rings (SSSR count). The Morgan fingerprint density at radius 1 is 1.33 bits per heavy atom. The number of hydrogen-bond donors (Lipinski definition) is 3. The van der Waals surface area contributed by atoms with Crippen molar-refractivity contribution in [3.8, 4) is 0 Å². The minimum Gasteiger partial charge on any atom is -0.383 e. The monoisotopic (exact) mass is 379 g/mol. The van der Waals surface area contributed by atoms with E-state index in [9.17, 15) is 9.59 Å². The zero-order valence-electron chi connectivity index (χ0n) is 11.6. The van der Waals surface area contributed by atoms with Crippen molar-refractivity contribution in [2.45, 2.75) is 12.5 Å². The van der Waals surface area contributed by atoms with Crippen LogP contribution in [0.5, 0.6) is 0 Å². The molecule has 0 fully saturated rings. The molecule has 118 valence electrons. The van der Waals surface area contributed by atoms with Crippen molar-refractivity contribution in [2.24, 2.45) is 5.73 Å². The SMILES string of the molecule is COCC(N)C(=O)NCCC(=O)Nc1ccc(Br)cc1.Cl. The number of amides is 2. The molecule has 1 unspecified atom stereocenters. The van der Waals surface area contributed by atoms with Gasteiger partial charge >= 0.3 is 0 Å². The lowest BCUT2D eigenvalue weighted by atomic mass is 10.3. The molecule has 1 atom stereocenters. The van der Waals surface area contributed by atoms with E-state index in [-0.39, 0.29) is 43.8 Å². The van der Waals surface area contributed by atoms with Gasteiger partial charge in [0.15, 0.2) is 0 Å². The second-order valence-corrected chi connectivity index (χ2v) is 5.07. The molecule has 0 aliphatic heterocycles. The highest BCUT2D eigenvalue weighted by Crippen LogP contribution is 2.14. The van der Waals surface area contributed by atoms with Crippen molar-refractivity contribution >= 4 is 45.8 Å². The largest absolute Gasteiger partial charge is 0.383 e. The van der Waals surface area contributed by atoms with Gasteiger partial charge in [0, 0.05) is 30.2 Å². The Kier molecular flexibility index (Phi) is 9.98. The van der Waals surface area contributed by atoms with E-state index in [1.807, 2.05) is 12.1 Å². The van der Waals surface area contributed by atoms with Crippen LogP contribution in [0.15, 0.2) is 28.7 Å². The molecule has 2 amide bonds. The third kappa shape index (κ3) is 8.01. The Balaban J connectivity index is 0.00000400. The number of anilines is 1. The molecule has 21 heavy (non-hydrogen) atoms. The van der Waals surface area contributed by atoms with Gasteiger partial charge in [-0.1, -0.05) is 15.9 Å². The number of halogens is 2. The molecule has 1 aromatic rings. The summed E-state index contributed by atoms with van der Waals surface area (Å²) in [7, 11) is 1.47. The van der Waals surface area contributed by atoms with Gasteiger partial charge in [0.25, 0.3) is 0 Å². The number of rotatable bonds is 7. The molecule has 6 nitrogen and oxygen atoms in total. The van der Waals surface area contributed by atoms with Gasteiger partial charge in [0.1, 0.15) is 6.04 Å². The van der Waals surface area contributed by atoms with E-state index in [0.29, 0.717) is 5.69 Å². The van der Waals surface area contributed by atoms with E-state index in [0.717, 1.165) is 4.47 Å². The van der Waals surface area contributed by atoms with Crippen LogP contribution in [-0.4, -0.2) is 38.1 Å². The first-order valence-electron chi connectivity index (χ1n) is 6.10. The summed E-state index contributed by atoms with van der Waals surface area (Å²) in [6, 6.07) is 6.53. The highest BCUT2D eigenvalue weighted by Gasteiger charge is 2.12. The summed E-state index contributed by atoms with van der Waals surface area (Å²) in [5.74, 6) is -0.503. The molecule has 0 saturated carbocycles. The Labute approximate surface area is 138 Å². The molecule has 8 heteroatoms. The number of nitrogens with two attached hydrogens (primary N) is 1. The summed E-state index contributed by atoms with van der Waals surface area (Å²) >= 11 is 3.31. The quantitative estimate of drug-likeness (QED) is 0.664. The van der Waals surface area contributed by atoms with Crippen LogP contribution in [0.1, 0.15) is 6.42 Å². The van der Waals surface area contributed by atoms with Crippen molar-refractivity contribution in [3.63, 3.8) is 0 Å². The molecule has 0 aliphatic rings. The maximum absolute atomic E-state index is 11.6. The first-order chi connectivity index (χ1) is 9.52. The highest BCUT2D eigenvalue weighted by molar-refractivity contribution is 9.10. The third-order valence-electron chi connectivity index (χ3n) is 2.46. The Morgan fingerprint density at radius 3 is 2.52 bits per heavy atom. The predicted molar refractivity (Wildman–Crippen MR) is 87.5 cm³/mol. The van der Waals surface area contributed by atoms with E-state index in [4.69, 9.17) is 10.5 Å². The molecule has 1 aromatic carbocycles. The molecular formula is C13H19BrClN3O3. The number of carbonyl (C=O) groups is 2. The third-order valence-corrected chi connectivity index (χ3v) is 2.99. The summed E-state index contributed by atoms with van der Waals surface area (Å²) in [5, 5.41) is 5.31. The Morgan fingerprint density at radius 2 is 1.95 bits per heavy atom. The van der Waals surface area contributed by atoms with Gasteiger partial charge in [-0.05, 0) is 24.3 Å². The second kappa shape index (κ2) is 10.6. The Bertz CT molecular complexity index is 456. The van der Waals surface area contributed by atoms with Crippen molar-refractivity contribution in [1.29, 1.82) is 0 Å². The molecule has 0 radical (unpaired) electrons. The Hall–Kier alpha value is -1.15. The fourth-order valence-corrected chi connectivity index (χ4v) is 1.71. The van der Waals surface area contributed by atoms with E-state index in [2.05, 4.69) is 26.6 Å². The van der Waals surface area contributed by atoms with Crippen LogP contribution in [0.2, 0.25) is 0 Å². The number of methoxy groups -OCH3 is 1. The van der Waals surface area contributed by atoms with Gasteiger partial charge in [-0.15, -0.1) is 12.4 Å². The smallest absolute Gasteiger partial charge is 0.239 e. The number of benzene rings is 1. The minimum absolute atomic E-state index is 0. The van der Waals surface area contributed by atoms with Crippen molar-refractivity contribution in [1.82, 2.24) is 5.32 Å². The predicted octanol–water partition coefficient (Wildman–Crippen LogP) is 1.29. The van der Waals surface area contributed by atoms with E-state index in [1.54, 1.807) is 12.1 Å². The van der Waals surface area contributed by atoms with Gasteiger partial charge < -0.3 is 21.1 Å². The van der Waals surface area contributed by atoms with E-state index < -0.39 is 6.04 Å². The zero-order chi connectivity index (χ0) is 15.0. The summed E-state index contributed by atoms with van der Waals surface area (Å²) in [5.41, 5.74) is 6.25. The summed E-state index contributed by atoms with van der Waals surface area (Å²) < 4.78 is 5.71. The summed E-state index contributed by atoms with van der Waals surface area (Å²) in [6.07, 6.45) is 0.182. The van der Waals surface area contributed by atoms with Crippen LogP contribution in [0.25, 0.3) is 0 Å². The van der Waals surface area contributed by atoms with Crippen LogP contribution in [0.4, 0.5) is 5.69 Å². The summed E-state index contributed by atoms with van der Waals surface area (Å²) in [4.78, 5) is 23.1. The fraction of sp³-hybridized carbons (Fsp3) is 0.385. The van der Waals surface area contributed by atoms with Crippen LogP contribution >= 0.6 is 28.3 Å². The molecule has 0 bridgehead atoms. The first kappa shape index (κ1) is 19.9. The van der Waals surface area contributed by atoms with E-state index in [1.165, 1.54) is 7.11 Å². The molecule has 4 N–H and O–H groups in total. The van der Waals surface area contributed by atoms with Gasteiger partial charge in [-0.3, -0.25) is 9.59 Å². The normalized spacial score (nSPS) is 11.2. The van der Waals surface area contributed by atoms with Gasteiger partial charge in [0.2, 0.25) is 11.8 Å². The number of nitrogens with one attached hydrogen (secondary N) is 2. The molecule has 0 saturated heterocycles. The van der Waals surface area contributed by atoms with Crippen LogP contribution in [-0.2, 0) is 14.3 Å². The van der Waals surface area contributed by atoms with Crippen molar-refractivity contribution in [2.75, 3.05) is 25.6 Å². The van der Waals surface area contributed by atoms with Crippen LogP contribution in [0, 0.1) is 0 Å². The first-order valence-corrected chi connectivity index (χ1v) is 6.90. The lowest BCUT2D eigenvalue weighted by molar-refractivity contribution is -0.123. The number of hydrogen-bond acceptors (Lipinski definition) is 4. The zero-order valence-corrected chi connectivity index (χ0v) is 14.0. The fourth-order valence-electron chi connectivity index (χ4n) is 1.44.